The number of hydrogen-bond acceptors (Lipinski definition) is 4. The van der Waals surface area contributed by atoms with Gasteiger partial charge in [0.25, 0.3) is 5.91 Å². The van der Waals surface area contributed by atoms with Crippen LogP contribution in [0.15, 0.2) is 30.5 Å². The number of benzene rings is 1. The fraction of sp³-hybridized carbons (Fsp3) is 0.333. The van der Waals surface area contributed by atoms with Crippen molar-refractivity contribution in [2.24, 2.45) is 0 Å². The van der Waals surface area contributed by atoms with E-state index in [1.807, 2.05) is 24.3 Å². The van der Waals surface area contributed by atoms with Gasteiger partial charge in [0.1, 0.15) is 5.75 Å². The molecule has 1 fully saturated rings. The number of amides is 1. The molecule has 1 aliphatic heterocycles. The Morgan fingerprint density at radius 1 is 1.52 bits per heavy atom. The summed E-state index contributed by atoms with van der Waals surface area (Å²) in [5.41, 5.74) is 2.02. The first-order valence-electron chi connectivity index (χ1n) is 6.84. The van der Waals surface area contributed by atoms with Crippen LogP contribution < -0.4 is 4.74 Å². The van der Waals surface area contributed by atoms with E-state index in [2.05, 4.69) is 10.2 Å². The van der Waals surface area contributed by atoms with Crippen LogP contribution in [0, 0.1) is 0 Å². The number of aliphatic hydroxyl groups excluding tert-OH is 1. The van der Waals surface area contributed by atoms with Crippen molar-refractivity contribution in [2.75, 3.05) is 20.2 Å². The first-order valence-corrected chi connectivity index (χ1v) is 6.84. The highest BCUT2D eigenvalue weighted by Crippen LogP contribution is 2.26. The van der Waals surface area contributed by atoms with Crippen LogP contribution in [-0.2, 0) is 0 Å². The van der Waals surface area contributed by atoms with E-state index in [1.54, 1.807) is 12.0 Å². The Bertz CT molecular complexity index is 653. The standard InChI is InChI=1S/C15H17N3O3/c1-21-12-4-2-3-10(7-12)14-13(8-16-17-14)15(20)18-6-5-11(19)9-18/h2-4,7-8,11,19H,5-6,9H2,1H3,(H,16,17)/t11-/m1/s1. The Labute approximate surface area is 122 Å². The van der Waals surface area contributed by atoms with Gasteiger partial charge >= 0.3 is 0 Å². The summed E-state index contributed by atoms with van der Waals surface area (Å²) in [5, 5.41) is 16.4. The number of nitrogens with one attached hydrogen (secondary N) is 1. The highest BCUT2D eigenvalue weighted by Gasteiger charge is 2.27. The third-order valence-corrected chi connectivity index (χ3v) is 3.68. The van der Waals surface area contributed by atoms with Gasteiger partial charge in [0.15, 0.2) is 0 Å². The molecular weight excluding hydrogens is 270 g/mol. The number of aliphatic hydroxyl groups is 1. The van der Waals surface area contributed by atoms with Gasteiger partial charge in [-0.15, -0.1) is 0 Å². The normalized spacial score (nSPS) is 18.0. The Morgan fingerprint density at radius 2 is 2.38 bits per heavy atom. The van der Waals surface area contributed by atoms with Gasteiger partial charge in [0.05, 0.1) is 30.7 Å². The molecule has 6 nitrogen and oxygen atoms in total. The average molecular weight is 287 g/mol. The van der Waals surface area contributed by atoms with Crippen LogP contribution >= 0.6 is 0 Å². The summed E-state index contributed by atoms with van der Waals surface area (Å²) in [6, 6.07) is 7.45. The number of rotatable bonds is 3. The van der Waals surface area contributed by atoms with Gasteiger partial charge in [-0.05, 0) is 18.6 Å². The Balaban J connectivity index is 1.91. The first-order chi connectivity index (χ1) is 10.2. The summed E-state index contributed by atoms with van der Waals surface area (Å²) < 4.78 is 5.20. The minimum Gasteiger partial charge on any atom is -0.497 e. The number of ether oxygens (including phenoxy) is 1. The third-order valence-electron chi connectivity index (χ3n) is 3.68. The fourth-order valence-corrected chi connectivity index (χ4v) is 2.54. The molecule has 0 radical (unpaired) electrons. The molecule has 1 saturated heterocycles. The van der Waals surface area contributed by atoms with Crippen LogP contribution in [0.1, 0.15) is 16.8 Å². The fourth-order valence-electron chi connectivity index (χ4n) is 2.54. The van der Waals surface area contributed by atoms with E-state index in [0.717, 1.165) is 11.3 Å². The molecule has 1 amide bonds. The van der Waals surface area contributed by atoms with E-state index in [9.17, 15) is 9.90 Å². The number of methoxy groups -OCH3 is 1. The number of carbonyl (C=O) groups excluding carboxylic acids is 1. The van der Waals surface area contributed by atoms with Crippen LogP contribution in [0.3, 0.4) is 0 Å². The smallest absolute Gasteiger partial charge is 0.257 e. The van der Waals surface area contributed by atoms with Gasteiger partial charge < -0.3 is 14.7 Å². The van der Waals surface area contributed by atoms with Gasteiger partial charge in [-0.3, -0.25) is 9.89 Å². The lowest BCUT2D eigenvalue weighted by Crippen LogP contribution is -2.29. The number of hydrogen-bond donors (Lipinski definition) is 2. The van der Waals surface area contributed by atoms with Gasteiger partial charge in [-0.1, -0.05) is 12.1 Å². The number of nitrogens with zero attached hydrogens (tertiary/aromatic N) is 2. The number of likely N-dealkylation sites (tertiary alicyclic amines) is 1. The molecule has 0 aliphatic carbocycles. The molecule has 0 unspecified atom stereocenters. The van der Waals surface area contributed by atoms with Crippen LogP contribution in [-0.4, -0.2) is 52.4 Å². The van der Waals surface area contributed by atoms with Crippen molar-refractivity contribution in [1.29, 1.82) is 0 Å². The zero-order valence-corrected chi connectivity index (χ0v) is 11.7. The van der Waals surface area contributed by atoms with Crippen molar-refractivity contribution >= 4 is 5.91 Å². The van der Waals surface area contributed by atoms with E-state index in [0.29, 0.717) is 30.8 Å². The molecule has 2 heterocycles. The van der Waals surface area contributed by atoms with Crippen molar-refractivity contribution < 1.29 is 14.6 Å². The van der Waals surface area contributed by atoms with Crippen LogP contribution in [0.2, 0.25) is 0 Å². The minimum atomic E-state index is -0.430. The largest absolute Gasteiger partial charge is 0.497 e. The molecule has 0 saturated carbocycles. The molecule has 1 aromatic heterocycles. The maximum atomic E-state index is 12.5. The molecule has 0 bridgehead atoms. The summed E-state index contributed by atoms with van der Waals surface area (Å²) in [6.07, 6.45) is 1.72. The topological polar surface area (TPSA) is 78.5 Å². The molecule has 1 aromatic carbocycles. The van der Waals surface area contributed by atoms with Crippen LogP contribution in [0.25, 0.3) is 11.3 Å². The molecule has 1 aliphatic rings. The molecule has 2 aromatic rings. The van der Waals surface area contributed by atoms with Crippen LogP contribution in [0.4, 0.5) is 0 Å². The molecule has 1 atom stereocenters. The van der Waals surface area contributed by atoms with E-state index in [4.69, 9.17) is 4.74 Å². The molecule has 6 heteroatoms. The van der Waals surface area contributed by atoms with Gasteiger partial charge in [-0.2, -0.15) is 5.10 Å². The molecule has 21 heavy (non-hydrogen) atoms. The Morgan fingerprint density at radius 3 is 3.10 bits per heavy atom. The summed E-state index contributed by atoms with van der Waals surface area (Å²) in [4.78, 5) is 14.2. The monoisotopic (exact) mass is 287 g/mol. The lowest BCUT2D eigenvalue weighted by Gasteiger charge is -2.15. The maximum absolute atomic E-state index is 12.5. The highest BCUT2D eigenvalue weighted by molar-refractivity contribution is 6.00. The quantitative estimate of drug-likeness (QED) is 0.891. The molecule has 3 rings (SSSR count). The van der Waals surface area contributed by atoms with Crippen molar-refractivity contribution in [3.63, 3.8) is 0 Å². The Kier molecular flexibility index (Phi) is 3.62. The molecule has 110 valence electrons. The van der Waals surface area contributed by atoms with Crippen molar-refractivity contribution in [3.8, 4) is 17.0 Å². The van der Waals surface area contributed by atoms with E-state index in [-0.39, 0.29) is 5.91 Å². The summed E-state index contributed by atoms with van der Waals surface area (Å²) in [6.45, 7) is 0.949. The summed E-state index contributed by atoms with van der Waals surface area (Å²) >= 11 is 0. The van der Waals surface area contributed by atoms with Gasteiger partial charge in [0.2, 0.25) is 0 Å². The van der Waals surface area contributed by atoms with Gasteiger partial charge in [0, 0.05) is 18.7 Å². The van der Waals surface area contributed by atoms with E-state index >= 15 is 0 Å². The van der Waals surface area contributed by atoms with Crippen LogP contribution in [0.5, 0.6) is 5.75 Å². The number of β-amino-alcohol motifs (C(OH)–C–C–N with tert-alkyl or cyclic N) is 1. The second-order valence-electron chi connectivity index (χ2n) is 5.08. The second-order valence-corrected chi connectivity index (χ2v) is 5.08. The summed E-state index contributed by atoms with van der Waals surface area (Å²) in [7, 11) is 1.60. The zero-order valence-electron chi connectivity index (χ0n) is 11.7. The number of H-pyrrole nitrogens is 1. The van der Waals surface area contributed by atoms with Crippen molar-refractivity contribution in [2.45, 2.75) is 12.5 Å². The third kappa shape index (κ3) is 2.62. The Hall–Kier alpha value is -2.34. The highest BCUT2D eigenvalue weighted by atomic mass is 16.5. The summed E-state index contributed by atoms with van der Waals surface area (Å²) in [5.74, 6) is 0.607. The lowest BCUT2D eigenvalue weighted by atomic mass is 10.1. The predicted molar refractivity (Wildman–Crippen MR) is 77.1 cm³/mol. The molecule has 2 N–H and O–H groups in total. The number of carbonyl (C=O) groups is 1. The average Bonchev–Trinajstić information content (AvgIpc) is 3.15. The van der Waals surface area contributed by atoms with Gasteiger partial charge in [-0.25, -0.2) is 0 Å². The first kappa shape index (κ1) is 13.6. The maximum Gasteiger partial charge on any atom is 0.257 e. The minimum absolute atomic E-state index is 0.113. The lowest BCUT2D eigenvalue weighted by molar-refractivity contribution is 0.0766. The second kappa shape index (κ2) is 5.57. The van der Waals surface area contributed by atoms with E-state index < -0.39 is 6.10 Å². The number of aromatic nitrogens is 2. The predicted octanol–water partition coefficient (Wildman–Crippen LogP) is 1.29. The van der Waals surface area contributed by atoms with E-state index in [1.165, 1.54) is 6.20 Å². The van der Waals surface area contributed by atoms with Crippen molar-refractivity contribution in [3.05, 3.63) is 36.0 Å². The number of aromatic amines is 1. The SMILES string of the molecule is COc1cccc(-c2[nH]ncc2C(=O)N2CC[C@@H](O)C2)c1. The van der Waals surface area contributed by atoms with Crippen molar-refractivity contribution in [1.82, 2.24) is 15.1 Å². The zero-order chi connectivity index (χ0) is 14.8. The molecule has 0 spiro atoms. The molecular formula is C15H17N3O3.